The first-order valence-corrected chi connectivity index (χ1v) is 8.89. The van der Waals surface area contributed by atoms with Gasteiger partial charge in [0.1, 0.15) is 23.0 Å². The molecule has 0 fully saturated rings. The van der Waals surface area contributed by atoms with Crippen molar-refractivity contribution in [1.29, 1.82) is 0 Å². The maximum Gasteiger partial charge on any atom is 0.338 e. The molecule has 0 heterocycles. The van der Waals surface area contributed by atoms with Gasteiger partial charge in [-0.2, -0.15) is 0 Å². The van der Waals surface area contributed by atoms with Gasteiger partial charge in [-0.1, -0.05) is 11.6 Å². The summed E-state index contributed by atoms with van der Waals surface area (Å²) in [5.41, 5.74) is 0.592. The standard InChI is InChI=1S/C16H16ClNO6S/c1-22-13-6-4-12(17)7-11(13)9-24-16(19)10-3-5-14(23-2)15(8-10)25(18,20)21/h3-8H,9H2,1-2H3,(H2,18,20,21). The third-order valence-corrected chi connectivity index (χ3v) is 4.47. The Morgan fingerprint density at radius 2 is 1.72 bits per heavy atom. The molecule has 0 bridgehead atoms. The van der Waals surface area contributed by atoms with Crippen LogP contribution >= 0.6 is 11.6 Å². The number of halogens is 1. The molecule has 0 radical (unpaired) electrons. The van der Waals surface area contributed by atoms with Gasteiger partial charge >= 0.3 is 5.97 Å². The van der Waals surface area contributed by atoms with E-state index < -0.39 is 16.0 Å². The maximum atomic E-state index is 12.2. The Labute approximate surface area is 150 Å². The lowest BCUT2D eigenvalue weighted by Crippen LogP contribution is -2.15. The van der Waals surface area contributed by atoms with Gasteiger partial charge in [-0.25, -0.2) is 18.4 Å². The van der Waals surface area contributed by atoms with Crippen LogP contribution < -0.4 is 14.6 Å². The Balaban J connectivity index is 2.23. The predicted octanol–water partition coefficient (Wildman–Crippen LogP) is 2.36. The highest BCUT2D eigenvalue weighted by atomic mass is 35.5. The topological polar surface area (TPSA) is 105 Å². The van der Waals surface area contributed by atoms with E-state index in [-0.39, 0.29) is 22.8 Å². The van der Waals surface area contributed by atoms with E-state index in [1.807, 2.05) is 0 Å². The van der Waals surface area contributed by atoms with Gasteiger partial charge in [0.25, 0.3) is 0 Å². The molecule has 0 atom stereocenters. The Morgan fingerprint density at radius 3 is 2.32 bits per heavy atom. The van der Waals surface area contributed by atoms with Crippen molar-refractivity contribution in [2.75, 3.05) is 14.2 Å². The molecule has 25 heavy (non-hydrogen) atoms. The summed E-state index contributed by atoms with van der Waals surface area (Å²) in [6.45, 7) is -0.0979. The van der Waals surface area contributed by atoms with E-state index in [0.29, 0.717) is 16.3 Å². The quantitative estimate of drug-likeness (QED) is 0.765. The molecule has 2 N–H and O–H groups in total. The van der Waals surface area contributed by atoms with Crippen molar-refractivity contribution in [3.05, 3.63) is 52.5 Å². The second-order valence-electron chi connectivity index (χ2n) is 4.94. The Hall–Kier alpha value is -2.29. The van der Waals surface area contributed by atoms with Crippen LogP contribution in [0.3, 0.4) is 0 Å². The predicted molar refractivity (Wildman–Crippen MR) is 91.5 cm³/mol. The minimum Gasteiger partial charge on any atom is -0.496 e. The summed E-state index contributed by atoms with van der Waals surface area (Å²) >= 11 is 5.92. The number of carbonyl (C=O) groups is 1. The number of carbonyl (C=O) groups excluding carboxylic acids is 1. The number of methoxy groups -OCH3 is 2. The molecule has 0 saturated heterocycles. The van der Waals surface area contributed by atoms with Crippen molar-refractivity contribution in [3.8, 4) is 11.5 Å². The van der Waals surface area contributed by atoms with Crippen LogP contribution in [-0.4, -0.2) is 28.6 Å². The molecule has 0 aliphatic carbocycles. The van der Waals surface area contributed by atoms with Gasteiger partial charge in [-0.05, 0) is 36.4 Å². The van der Waals surface area contributed by atoms with E-state index in [9.17, 15) is 13.2 Å². The molecule has 2 rings (SSSR count). The fraction of sp³-hybridized carbons (Fsp3) is 0.188. The summed E-state index contributed by atoms with van der Waals surface area (Å²) in [6.07, 6.45) is 0. The number of ether oxygens (including phenoxy) is 3. The molecule has 0 aliphatic heterocycles. The average molecular weight is 386 g/mol. The van der Waals surface area contributed by atoms with E-state index >= 15 is 0 Å². The summed E-state index contributed by atoms with van der Waals surface area (Å²) in [6, 6.07) is 8.72. The zero-order valence-corrected chi connectivity index (χ0v) is 15.1. The maximum absolute atomic E-state index is 12.2. The van der Waals surface area contributed by atoms with Gasteiger partial charge < -0.3 is 14.2 Å². The average Bonchev–Trinajstić information content (AvgIpc) is 2.58. The molecule has 7 nitrogen and oxygen atoms in total. The van der Waals surface area contributed by atoms with Gasteiger partial charge in [-0.15, -0.1) is 0 Å². The first-order valence-electron chi connectivity index (χ1n) is 6.96. The van der Waals surface area contributed by atoms with Crippen LogP contribution in [0.5, 0.6) is 11.5 Å². The highest BCUT2D eigenvalue weighted by Crippen LogP contribution is 2.26. The summed E-state index contributed by atoms with van der Waals surface area (Å²) in [5.74, 6) is -0.178. The smallest absolute Gasteiger partial charge is 0.338 e. The summed E-state index contributed by atoms with van der Waals surface area (Å²) in [7, 11) is -1.27. The number of sulfonamides is 1. The van der Waals surface area contributed by atoms with Crippen molar-refractivity contribution in [2.24, 2.45) is 5.14 Å². The second-order valence-corrected chi connectivity index (χ2v) is 6.91. The van der Waals surface area contributed by atoms with E-state index in [1.54, 1.807) is 18.2 Å². The van der Waals surface area contributed by atoms with Crippen LogP contribution in [-0.2, 0) is 21.4 Å². The van der Waals surface area contributed by atoms with Crippen molar-refractivity contribution < 1.29 is 27.4 Å². The van der Waals surface area contributed by atoms with Crippen molar-refractivity contribution in [2.45, 2.75) is 11.5 Å². The number of benzene rings is 2. The third kappa shape index (κ3) is 4.62. The molecule has 0 amide bonds. The number of nitrogens with two attached hydrogens (primary N) is 1. The zero-order valence-electron chi connectivity index (χ0n) is 13.5. The fourth-order valence-electron chi connectivity index (χ4n) is 2.11. The van der Waals surface area contributed by atoms with Crippen LogP contribution in [0.25, 0.3) is 0 Å². The fourth-order valence-corrected chi connectivity index (χ4v) is 3.03. The highest BCUT2D eigenvalue weighted by Gasteiger charge is 2.19. The van der Waals surface area contributed by atoms with Crippen molar-refractivity contribution >= 4 is 27.6 Å². The van der Waals surface area contributed by atoms with E-state index in [0.717, 1.165) is 6.07 Å². The lowest BCUT2D eigenvalue weighted by molar-refractivity contribution is 0.0470. The van der Waals surface area contributed by atoms with Gasteiger partial charge in [0, 0.05) is 10.6 Å². The second kappa shape index (κ2) is 7.73. The van der Waals surface area contributed by atoms with E-state index in [1.165, 1.54) is 26.4 Å². The van der Waals surface area contributed by atoms with Gasteiger partial charge in [0.15, 0.2) is 0 Å². The first kappa shape index (κ1) is 19.0. The highest BCUT2D eigenvalue weighted by molar-refractivity contribution is 7.89. The number of hydrogen-bond donors (Lipinski definition) is 1. The van der Waals surface area contributed by atoms with Crippen LogP contribution in [0, 0.1) is 0 Å². The Morgan fingerprint density at radius 1 is 1.08 bits per heavy atom. The normalized spacial score (nSPS) is 11.0. The minimum atomic E-state index is -4.06. The van der Waals surface area contributed by atoms with E-state index in [2.05, 4.69) is 0 Å². The third-order valence-electron chi connectivity index (χ3n) is 3.31. The molecular formula is C16H16ClNO6S. The molecule has 0 saturated carbocycles. The van der Waals surface area contributed by atoms with Crippen LogP contribution in [0.15, 0.2) is 41.3 Å². The summed E-state index contributed by atoms with van der Waals surface area (Å²) in [4.78, 5) is 11.9. The van der Waals surface area contributed by atoms with E-state index in [4.69, 9.17) is 31.0 Å². The Kier molecular flexibility index (Phi) is 5.89. The van der Waals surface area contributed by atoms with Crippen molar-refractivity contribution in [1.82, 2.24) is 0 Å². The van der Waals surface area contributed by atoms with Crippen LogP contribution in [0.2, 0.25) is 5.02 Å². The molecule has 0 aromatic heterocycles. The monoisotopic (exact) mass is 385 g/mol. The lowest BCUT2D eigenvalue weighted by Gasteiger charge is -2.11. The Bertz CT molecular complexity index is 897. The largest absolute Gasteiger partial charge is 0.496 e. The van der Waals surface area contributed by atoms with Crippen LogP contribution in [0.4, 0.5) is 0 Å². The molecule has 2 aromatic rings. The zero-order chi connectivity index (χ0) is 18.6. The number of rotatable bonds is 6. The number of primary sulfonamides is 1. The first-order chi connectivity index (χ1) is 11.8. The molecule has 0 spiro atoms. The van der Waals surface area contributed by atoms with Gasteiger partial charge in [0.05, 0.1) is 19.8 Å². The molecule has 134 valence electrons. The summed E-state index contributed by atoms with van der Waals surface area (Å²) in [5, 5.41) is 5.60. The SMILES string of the molecule is COc1ccc(Cl)cc1COC(=O)c1ccc(OC)c(S(N)(=O)=O)c1. The molecular weight excluding hydrogens is 370 g/mol. The van der Waals surface area contributed by atoms with Gasteiger partial charge in [0.2, 0.25) is 10.0 Å². The molecule has 0 aliphatic rings. The van der Waals surface area contributed by atoms with Gasteiger partial charge in [-0.3, -0.25) is 0 Å². The number of esters is 1. The minimum absolute atomic E-state index is 0.0193. The van der Waals surface area contributed by atoms with Crippen molar-refractivity contribution in [3.63, 3.8) is 0 Å². The summed E-state index contributed by atoms with van der Waals surface area (Å²) < 4.78 is 38.5. The lowest BCUT2D eigenvalue weighted by atomic mass is 10.2. The molecule has 0 unspecified atom stereocenters. The molecule has 2 aromatic carbocycles. The number of hydrogen-bond acceptors (Lipinski definition) is 6. The molecule has 9 heteroatoms. The van der Waals surface area contributed by atoms with Crippen LogP contribution in [0.1, 0.15) is 15.9 Å².